The molecule has 0 radical (unpaired) electrons. The smallest absolute Gasteiger partial charge is 0.248 e. The summed E-state index contributed by atoms with van der Waals surface area (Å²) in [5.41, 5.74) is 0. The summed E-state index contributed by atoms with van der Waals surface area (Å²) in [5, 5.41) is 31.7. The van der Waals surface area contributed by atoms with Gasteiger partial charge in [0.2, 0.25) is 33.9 Å². The average Bonchev–Trinajstić information content (AvgIpc) is 4.02. The van der Waals surface area contributed by atoms with Crippen LogP contribution in [0.4, 0.5) is 0 Å². The summed E-state index contributed by atoms with van der Waals surface area (Å²) in [5.74, 6) is 9.57. The fourth-order valence-electron chi connectivity index (χ4n) is 6.80. The number of aromatic nitrogens is 8. The van der Waals surface area contributed by atoms with E-state index < -0.39 is 24.3 Å². The lowest BCUT2D eigenvalue weighted by atomic mass is 10.1. The molecule has 0 aromatic carbocycles. The van der Waals surface area contributed by atoms with Gasteiger partial charge < -0.3 is 29.9 Å². The summed E-state index contributed by atoms with van der Waals surface area (Å²) in [6, 6.07) is -2.17. The second-order valence-electron chi connectivity index (χ2n) is 18.3. The van der Waals surface area contributed by atoms with Gasteiger partial charge in [0, 0.05) is 34.4 Å². The minimum atomic E-state index is -0.933. The van der Waals surface area contributed by atoms with Crippen molar-refractivity contribution in [3.8, 4) is 23.7 Å². The molecule has 0 aliphatic carbocycles. The molecule has 2 aliphatic heterocycles. The molecule has 6 atom stereocenters. The summed E-state index contributed by atoms with van der Waals surface area (Å²) in [6.07, 6.45) is 1.80. The Morgan fingerprint density at radius 2 is 1.03 bits per heavy atom. The van der Waals surface area contributed by atoms with Crippen molar-refractivity contribution in [3.63, 3.8) is 0 Å². The van der Waals surface area contributed by atoms with Gasteiger partial charge in [0.15, 0.2) is 0 Å². The number of carbonyl (C=O) groups excluding carboxylic acids is 4. The number of rotatable bonds is 18. The van der Waals surface area contributed by atoms with Crippen LogP contribution in [-0.2, 0) is 41.7 Å². The van der Waals surface area contributed by atoms with E-state index in [9.17, 15) is 19.2 Å². The average molecular weight is 899 g/mol. The maximum Gasteiger partial charge on any atom is 0.248 e. The van der Waals surface area contributed by atoms with E-state index in [-0.39, 0.29) is 70.3 Å². The summed E-state index contributed by atoms with van der Waals surface area (Å²) in [6.45, 7) is 25.0. The van der Waals surface area contributed by atoms with Crippen LogP contribution in [-0.4, -0.2) is 146 Å². The first-order chi connectivity index (χ1) is 29.1. The minimum absolute atomic E-state index is 0.0360. The molecule has 4 rings (SSSR count). The Morgan fingerprint density at radius 1 is 0.661 bits per heavy atom. The van der Waals surface area contributed by atoms with Crippen LogP contribution in [0.1, 0.15) is 109 Å². The van der Waals surface area contributed by atoms with E-state index in [0.717, 1.165) is 25.7 Å². The van der Waals surface area contributed by atoms with Crippen LogP contribution in [0.2, 0.25) is 0 Å². The minimum Gasteiger partial charge on any atom is -0.363 e. The highest BCUT2D eigenvalue weighted by atomic mass is 32.2. The van der Waals surface area contributed by atoms with E-state index in [1.54, 1.807) is 84.2 Å². The van der Waals surface area contributed by atoms with E-state index >= 15 is 0 Å². The first-order valence-electron chi connectivity index (χ1n) is 21.5. The molecule has 342 valence electrons. The Kier molecular flexibility index (Phi) is 18.6. The summed E-state index contributed by atoms with van der Waals surface area (Å²) in [7, 11) is 0. The third-order valence-electron chi connectivity index (χ3n) is 10.1. The standard InChI is InChI=1S/C42H66N12O6S2/c1-27(2)35(55)43-33(37(57)51-21-17-19-31(51)25-53-39(45-47-49-53)61-41(7,8)9)29(5)59-23-15-13-14-16-24-60-30(6)34(44-36(56)28(3)4)38(58)52-22-18-20-32(52)26-54-40(46-48-50-54)62-42(10,11)12/h27-34H,17-26H2,1-12H3,(H,43,55)(H,44,56)/t29-,30+,31+,32-,33+,34-. The Labute approximate surface area is 375 Å². The molecule has 2 aromatic rings. The maximum atomic E-state index is 14.1. The summed E-state index contributed by atoms with van der Waals surface area (Å²) >= 11 is 3.12. The molecule has 4 amide bonds. The SMILES string of the molecule is CC(C)C(=O)N[C@H](C(=O)N1CCC[C@H]1Cn1nnnc1SC(C)(C)C)[C@@H](C)OCC#CC#CCO[C@@H](C)[C@@H](NC(=O)C(C)C)C(=O)N1CCC[C@@H]1Cn1nnnc1SC(C)(C)C. The number of ether oxygens (including phenoxy) is 2. The van der Waals surface area contributed by atoms with Gasteiger partial charge in [-0.3, -0.25) is 19.2 Å². The van der Waals surface area contributed by atoms with Crippen molar-refractivity contribution < 1.29 is 28.7 Å². The number of carbonyl (C=O) groups is 4. The molecule has 0 bridgehead atoms. The molecule has 2 aliphatic rings. The molecule has 20 heteroatoms. The Hall–Kier alpha value is -4.24. The third kappa shape index (κ3) is 15.2. The molecule has 18 nitrogen and oxygen atoms in total. The van der Waals surface area contributed by atoms with Crippen LogP contribution in [0.3, 0.4) is 0 Å². The molecule has 0 spiro atoms. The van der Waals surface area contributed by atoms with Gasteiger partial charge in [0.25, 0.3) is 0 Å². The van der Waals surface area contributed by atoms with Crippen molar-refractivity contribution in [2.24, 2.45) is 11.8 Å². The topological polar surface area (TPSA) is 204 Å². The normalized spacial score (nSPS) is 18.7. The van der Waals surface area contributed by atoms with Crippen LogP contribution in [0, 0.1) is 35.5 Å². The molecule has 2 N–H and O–H groups in total. The van der Waals surface area contributed by atoms with Crippen LogP contribution in [0.25, 0.3) is 0 Å². The van der Waals surface area contributed by atoms with Crippen LogP contribution in [0.5, 0.6) is 0 Å². The van der Waals surface area contributed by atoms with E-state index in [4.69, 9.17) is 9.47 Å². The molecule has 2 fully saturated rings. The molecule has 0 saturated carbocycles. The molecule has 4 heterocycles. The number of nitrogens with zero attached hydrogens (tertiary/aromatic N) is 10. The van der Waals surface area contributed by atoms with Crippen LogP contribution < -0.4 is 10.6 Å². The lowest BCUT2D eigenvalue weighted by molar-refractivity contribution is -0.142. The third-order valence-corrected chi connectivity index (χ3v) is 12.2. The predicted octanol–water partition coefficient (Wildman–Crippen LogP) is 3.22. The molecule has 2 aromatic heterocycles. The largest absolute Gasteiger partial charge is 0.363 e. The molecular weight excluding hydrogens is 833 g/mol. The zero-order chi connectivity index (χ0) is 45.8. The zero-order valence-electron chi connectivity index (χ0n) is 38.4. The van der Waals surface area contributed by atoms with E-state index in [1.807, 2.05) is 0 Å². The van der Waals surface area contributed by atoms with Gasteiger partial charge in [0.1, 0.15) is 25.3 Å². The first-order valence-corrected chi connectivity index (χ1v) is 23.1. The number of amides is 4. The number of likely N-dealkylation sites (tertiary alicyclic amines) is 2. The van der Waals surface area contributed by atoms with Gasteiger partial charge in [-0.1, -0.05) is 105 Å². The Balaban J connectivity index is 1.35. The number of hydrogen-bond acceptors (Lipinski definition) is 14. The van der Waals surface area contributed by atoms with Crippen molar-refractivity contribution in [1.29, 1.82) is 0 Å². The predicted molar refractivity (Wildman–Crippen MR) is 236 cm³/mol. The van der Waals surface area contributed by atoms with Crippen molar-refractivity contribution in [2.75, 3.05) is 26.3 Å². The second kappa shape index (κ2) is 22.9. The molecule has 0 unspecified atom stereocenters. The van der Waals surface area contributed by atoms with E-state index in [2.05, 4.69) is 107 Å². The maximum absolute atomic E-state index is 14.1. The number of tetrazole rings is 2. The van der Waals surface area contributed by atoms with E-state index in [1.165, 1.54) is 0 Å². The lowest BCUT2D eigenvalue weighted by Crippen LogP contribution is -2.56. The monoisotopic (exact) mass is 898 g/mol. The fourth-order valence-corrected chi connectivity index (χ4v) is 8.49. The van der Waals surface area contributed by atoms with Gasteiger partial charge in [-0.25, -0.2) is 9.36 Å². The number of hydrogen-bond donors (Lipinski definition) is 2. The van der Waals surface area contributed by atoms with Crippen molar-refractivity contribution >= 4 is 47.2 Å². The zero-order valence-corrected chi connectivity index (χ0v) is 40.1. The van der Waals surface area contributed by atoms with Crippen LogP contribution in [0.15, 0.2) is 10.3 Å². The quantitative estimate of drug-likeness (QED) is 0.163. The van der Waals surface area contributed by atoms with Crippen molar-refractivity contribution in [3.05, 3.63) is 0 Å². The second-order valence-corrected chi connectivity index (χ2v) is 21.9. The van der Waals surface area contributed by atoms with Crippen molar-refractivity contribution in [2.45, 2.75) is 178 Å². The summed E-state index contributed by atoms with van der Waals surface area (Å²) < 4.78 is 15.3. The number of thioether (sulfide) groups is 2. The van der Waals surface area contributed by atoms with E-state index in [0.29, 0.717) is 36.5 Å². The summed E-state index contributed by atoms with van der Waals surface area (Å²) in [4.78, 5) is 57.5. The highest BCUT2D eigenvalue weighted by Crippen LogP contribution is 2.32. The first kappa shape index (κ1) is 50.4. The molecule has 2 saturated heterocycles. The Bertz CT molecular complexity index is 1810. The fraction of sp³-hybridized carbons (Fsp3) is 0.762. The van der Waals surface area contributed by atoms with Gasteiger partial charge in [-0.15, -0.1) is 10.2 Å². The van der Waals surface area contributed by atoms with Gasteiger partial charge in [-0.2, -0.15) is 0 Å². The number of nitrogens with one attached hydrogen (secondary N) is 2. The van der Waals surface area contributed by atoms with Gasteiger partial charge >= 0.3 is 0 Å². The molecule has 62 heavy (non-hydrogen) atoms. The Morgan fingerprint density at radius 3 is 1.37 bits per heavy atom. The highest BCUT2D eigenvalue weighted by molar-refractivity contribution is 8.00. The highest BCUT2D eigenvalue weighted by Gasteiger charge is 2.39. The van der Waals surface area contributed by atoms with Gasteiger partial charge in [-0.05, 0) is 72.2 Å². The van der Waals surface area contributed by atoms with Crippen molar-refractivity contribution in [1.82, 2.24) is 60.8 Å². The van der Waals surface area contributed by atoms with Gasteiger partial charge in [0.05, 0.1) is 37.4 Å². The molecular formula is C42H66N12O6S2. The lowest BCUT2D eigenvalue weighted by Gasteiger charge is -2.32. The van der Waals surface area contributed by atoms with Crippen LogP contribution >= 0.6 is 23.5 Å².